The Balaban J connectivity index is 0.758. The molecule has 9 aliphatic rings. The molecule has 4 bridgehead atoms. The normalized spacial score (nSPS) is 36.5. The number of unbranched alkanes of at least 4 members (excludes halogenated alkanes) is 1. The van der Waals surface area contributed by atoms with Gasteiger partial charge in [0.15, 0.2) is 46.8 Å². The molecule has 0 aromatic heterocycles. The first-order valence-electron chi connectivity index (χ1n) is 21.2. The van der Waals surface area contributed by atoms with Crippen molar-refractivity contribution in [3.8, 4) is 23.0 Å². The molecule has 2 N–H and O–H groups in total. The molecule has 5 aliphatic carbocycles. The van der Waals surface area contributed by atoms with Crippen LogP contribution in [0.3, 0.4) is 0 Å². The lowest BCUT2D eigenvalue weighted by atomic mass is 9.49. The fourth-order valence-corrected chi connectivity index (χ4v) is 13.1. The Bertz CT molecular complexity index is 2150. The highest BCUT2D eigenvalue weighted by atomic mass is 16.6. The molecule has 4 heterocycles. The zero-order chi connectivity index (χ0) is 39.1. The minimum atomic E-state index is -1.15. The highest BCUT2D eigenvalue weighted by molar-refractivity contribution is 5.91. The largest absolute Gasteiger partial charge is 0.477 e. The molecule has 300 valence electrons. The highest BCUT2D eigenvalue weighted by Crippen LogP contribution is 2.66. The van der Waals surface area contributed by atoms with E-state index >= 15 is 0 Å². The SMILES string of the molecule is C=CCN1CC[C@]23c4c5ccc(OC(=O)CCCCC(=O)Oc6ccc7c8c6O[C@H]6C(=O)CC[C@@]9(O)[C@@H](C7)N(CC7CC7)CC[C@]869)c4O[C@H]2C(=O)CC[C@@]3(O)[C@H]1C5. The maximum Gasteiger partial charge on any atom is 0.311 e. The molecule has 0 unspecified atom stereocenters. The number of esters is 2. The van der Waals surface area contributed by atoms with E-state index in [1.54, 1.807) is 12.1 Å². The molecule has 0 radical (unpaired) electrons. The molecular weight excluding hydrogens is 728 g/mol. The van der Waals surface area contributed by atoms with E-state index in [4.69, 9.17) is 18.9 Å². The number of rotatable bonds is 11. The van der Waals surface area contributed by atoms with Crippen molar-refractivity contribution in [1.29, 1.82) is 0 Å². The summed E-state index contributed by atoms with van der Waals surface area (Å²) < 4.78 is 24.6. The van der Waals surface area contributed by atoms with Gasteiger partial charge in [-0.3, -0.25) is 29.0 Å². The summed E-state index contributed by atoms with van der Waals surface area (Å²) in [5.74, 6) is 0.999. The third-order valence-corrected chi connectivity index (χ3v) is 15.7. The first kappa shape index (κ1) is 36.0. The number of likely N-dealkylation sites (tertiary alicyclic amines) is 2. The molecule has 57 heavy (non-hydrogen) atoms. The molecule has 2 aromatic rings. The van der Waals surface area contributed by atoms with Gasteiger partial charge in [-0.25, -0.2) is 0 Å². The summed E-state index contributed by atoms with van der Waals surface area (Å²) in [5.41, 5.74) is -0.262. The van der Waals surface area contributed by atoms with E-state index in [-0.39, 0.29) is 60.8 Å². The van der Waals surface area contributed by atoms with E-state index in [0.717, 1.165) is 35.3 Å². The van der Waals surface area contributed by atoms with Crippen LogP contribution >= 0.6 is 0 Å². The first-order chi connectivity index (χ1) is 27.5. The van der Waals surface area contributed by atoms with Crippen molar-refractivity contribution >= 4 is 23.5 Å². The van der Waals surface area contributed by atoms with Crippen LogP contribution in [0.2, 0.25) is 0 Å². The van der Waals surface area contributed by atoms with E-state index in [0.29, 0.717) is 81.9 Å². The van der Waals surface area contributed by atoms with Crippen molar-refractivity contribution < 1.29 is 48.3 Å². The highest BCUT2D eigenvalue weighted by Gasteiger charge is 2.74. The Morgan fingerprint density at radius 3 is 1.74 bits per heavy atom. The molecule has 2 spiro atoms. The Labute approximate surface area is 331 Å². The fourth-order valence-electron chi connectivity index (χ4n) is 13.1. The predicted octanol–water partition coefficient (Wildman–Crippen LogP) is 3.80. The summed E-state index contributed by atoms with van der Waals surface area (Å²) in [4.78, 5) is 57.9. The zero-order valence-corrected chi connectivity index (χ0v) is 32.3. The average molecular weight is 779 g/mol. The number of aliphatic hydroxyl groups is 2. The summed E-state index contributed by atoms with van der Waals surface area (Å²) in [6.07, 6.45) is 7.25. The van der Waals surface area contributed by atoms with Gasteiger partial charge >= 0.3 is 11.9 Å². The molecule has 8 atom stereocenters. The Morgan fingerprint density at radius 2 is 1.25 bits per heavy atom. The summed E-state index contributed by atoms with van der Waals surface area (Å²) >= 11 is 0. The lowest BCUT2D eigenvalue weighted by Gasteiger charge is -2.62. The predicted molar refractivity (Wildman–Crippen MR) is 203 cm³/mol. The molecule has 3 saturated carbocycles. The van der Waals surface area contributed by atoms with Crippen LogP contribution in [0.4, 0.5) is 0 Å². The van der Waals surface area contributed by atoms with Crippen molar-refractivity contribution in [2.75, 3.05) is 26.2 Å². The van der Waals surface area contributed by atoms with Crippen molar-refractivity contribution in [2.45, 2.75) is 136 Å². The maximum absolute atomic E-state index is 13.4. The van der Waals surface area contributed by atoms with Crippen LogP contribution in [-0.2, 0) is 42.8 Å². The zero-order valence-electron chi connectivity index (χ0n) is 32.3. The quantitative estimate of drug-likeness (QED) is 0.148. The topological polar surface area (TPSA) is 152 Å². The number of hydrogen-bond acceptors (Lipinski definition) is 12. The molecule has 12 heteroatoms. The lowest BCUT2D eigenvalue weighted by Crippen LogP contribution is -2.76. The lowest BCUT2D eigenvalue weighted by molar-refractivity contribution is -0.188. The van der Waals surface area contributed by atoms with E-state index in [9.17, 15) is 29.4 Å². The van der Waals surface area contributed by atoms with Crippen LogP contribution in [0.25, 0.3) is 0 Å². The van der Waals surface area contributed by atoms with Crippen molar-refractivity contribution in [2.24, 2.45) is 5.92 Å². The van der Waals surface area contributed by atoms with Crippen LogP contribution in [0, 0.1) is 5.92 Å². The fraction of sp³-hybridized carbons (Fsp3) is 0.600. The summed E-state index contributed by atoms with van der Waals surface area (Å²) in [5, 5.41) is 24.9. The van der Waals surface area contributed by atoms with Gasteiger partial charge in [-0.2, -0.15) is 0 Å². The third kappa shape index (κ3) is 4.75. The number of carbonyl (C=O) groups excluding carboxylic acids is 4. The van der Waals surface area contributed by atoms with Gasteiger partial charge < -0.3 is 29.2 Å². The number of piperidine rings is 2. The van der Waals surface area contributed by atoms with Crippen molar-refractivity contribution in [1.82, 2.24) is 9.80 Å². The van der Waals surface area contributed by atoms with Crippen LogP contribution in [0.1, 0.15) is 99.3 Å². The maximum atomic E-state index is 13.4. The van der Waals surface area contributed by atoms with Gasteiger partial charge in [0, 0.05) is 68.5 Å². The molecule has 2 aromatic carbocycles. The van der Waals surface area contributed by atoms with Crippen LogP contribution in [0.15, 0.2) is 36.9 Å². The third-order valence-electron chi connectivity index (χ3n) is 15.7. The monoisotopic (exact) mass is 778 g/mol. The standard InChI is InChI=1S/C45H50N2O10/c1-2-19-46-20-17-42-36-26-9-11-30(38(36)56-40(42)28(48)13-15-44(42,52)32(46)22-26)54-34(50)5-3-4-6-35(51)55-31-12-10-27-23-33-45(53)16-14-29(49)41-43(45,37(27)39(31)57-41)18-21-47(33)24-25-7-8-25/h2,9-12,25,32-33,40-41,52-53H,1,3-8,13-24H2/t32-,33-,40+,41+,42+,43+,44-,45-/m1/s1. The molecule has 2 saturated heterocycles. The second-order valence-electron chi connectivity index (χ2n) is 18.4. The number of Topliss-reactive ketones (excluding diaryl/α,β-unsaturated/α-hetero) is 2. The van der Waals surface area contributed by atoms with Gasteiger partial charge in [0.2, 0.25) is 0 Å². The van der Waals surface area contributed by atoms with Gasteiger partial charge in [-0.1, -0.05) is 18.2 Å². The number of ether oxygens (including phenoxy) is 4. The second-order valence-corrected chi connectivity index (χ2v) is 18.4. The molecule has 0 amide bonds. The first-order valence-corrected chi connectivity index (χ1v) is 21.2. The Kier molecular flexibility index (Phi) is 7.87. The van der Waals surface area contributed by atoms with E-state index in [2.05, 4.69) is 16.4 Å². The van der Waals surface area contributed by atoms with E-state index in [1.807, 2.05) is 18.2 Å². The van der Waals surface area contributed by atoms with E-state index < -0.39 is 46.2 Å². The number of nitrogens with zero attached hydrogens (tertiary/aromatic N) is 2. The molecule has 11 rings (SSSR count). The number of carbonyl (C=O) groups is 4. The number of benzene rings is 2. The second kappa shape index (κ2) is 12.5. The van der Waals surface area contributed by atoms with Crippen LogP contribution in [-0.4, -0.2) is 105 Å². The number of ketones is 2. The average Bonchev–Trinajstić information content (AvgIpc) is 3.82. The smallest absolute Gasteiger partial charge is 0.311 e. The summed E-state index contributed by atoms with van der Waals surface area (Å²) in [7, 11) is 0. The minimum Gasteiger partial charge on any atom is -0.477 e. The van der Waals surface area contributed by atoms with E-state index in [1.165, 1.54) is 12.8 Å². The molecule has 5 fully saturated rings. The van der Waals surface area contributed by atoms with Crippen LogP contribution in [0.5, 0.6) is 23.0 Å². The van der Waals surface area contributed by atoms with Gasteiger partial charge in [0.25, 0.3) is 0 Å². The molecule has 4 aliphatic heterocycles. The summed E-state index contributed by atoms with van der Waals surface area (Å²) in [6.45, 7) is 7.03. The van der Waals surface area contributed by atoms with Crippen molar-refractivity contribution in [3.63, 3.8) is 0 Å². The van der Waals surface area contributed by atoms with Crippen molar-refractivity contribution in [3.05, 3.63) is 59.2 Å². The van der Waals surface area contributed by atoms with Gasteiger partial charge in [-0.05, 0) is 99.9 Å². The van der Waals surface area contributed by atoms with Gasteiger partial charge in [0.05, 0.1) is 22.0 Å². The Hall–Kier alpha value is -4.10. The summed E-state index contributed by atoms with van der Waals surface area (Å²) in [6, 6.07) is 7.15. The minimum absolute atomic E-state index is 0.00998. The van der Waals surface area contributed by atoms with Gasteiger partial charge in [-0.15, -0.1) is 6.58 Å². The number of hydrogen-bond donors (Lipinski definition) is 2. The van der Waals surface area contributed by atoms with Crippen LogP contribution < -0.4 is 18.9 Å². The Morgan fingerprint density at radius 1 is 0.754 bits per heavy atom. The van der Waals surface area contributed by atoms with Gasteiger partial charge in [0.1, 0.15) is 0 Å². The molecule has 12 nitrogen and oxygen atoms in total. The molecular formula is C45H50N2O10.